The van der Waals surface area contributed by atoms with E-state index in [2.05, 4.69) is 10.3 Å². The van der Waals surface area contributed by atoms with Crippen molar-refractivity contribution in [3.8, 4) is 0 Å². The van der Waals surface area contributed by atoms with E-state index in [1.807, 2.05) is 36.5 Å². The topological polar surface area (TPSA) is 47.8 Å². The van der Waals surface area contributed by atoms with Crippen LogP contribution in [0.25, 0.3) is 0 Å². The molecule has 0 radical (unpaired) electrons. The molecule has 1 aliphatic carbocycles. The van der Waals surface area contributed by atoms with Crippen LogP contribution in [0.1, 0.15) is 16.5 Å². The fourth-order valence-corrected chi connectivity index (χ4v) is 1.21. The highest BCUT2D eigenvalue weighted by Gasteiger charge is 2.06. The monoisotopic (exact) mass is 187 g/mol. The van der Waals surface area contributed by atoms with Crippen LogP contribution in [0.15, 0.2) is 42.7 Å². The van der Waals surface area contributed by atoms with Crippen LogP contribution >= 0.6 is 0 Å². The summed E-state index contributed by atoms with van der Waals surface area (Å²) < 4.78 is 1.64. The fourth-order valence-electron chi connectivity index (χ4n) is 1.21. The van der Waals surface area contributed by atoms with Crippen LogP contribution in [0.5, 0.6) is 0 Å². The highest BCUT2D eigenvalue weighted by molar-refractivity contribution is 5.70. The standard InChI is InChI=1S/C10H9N3O/c14-8-9-7-13(12-11-9)10-5-3-1-2-4-6-10/h1-8,10H. The molecule has 0 unspecified atom stereocenters. The van der Waals surface area contributed by atoms with E-state index in [0.717, 1.165) is 0 Å². The number of carbonyl (C=O) groups excluding carboxylic acids is 1. The molecular formula is C10H9N3O. The van der Waals surface area contributed by atoms with Gasteiger partial charge in [-0.2, -0.15) is 0 Å². The van der Waals surface area contributed by atoms with Crippen molar-refractivity contribution in [2.24, 2.45) is 0 Å². The maximum absolute atomic E-state index is 10.4. The summed E-state index contributed by atoms with van der Waals surface area (Å²) in [5, 5.41) is 7.55. The van der Waals surface area contributed by atoms with Gasteiger partial charge >= 0.3 is 0 Å². The van der Waals surface area contributed by atoms with E-state index in [-0.39, 0.29) is 6.04 Å². The maximum Gasteiger partial charge on any atom is 0.171 e. The lowest BCUT2D eigenvalue weighted by Crippen LogP contribution is -2.03. The average molecular weight is 187 g/mol. The molecule has 0 bridgehead atoms. The molecule has 0 aromatic carbocycles. The number of rotatable bonds is 2. The number of carbonyl (C=O) groups is 1. The van der Waals surface area contributed by atoms with Gasteiger partial charge in [0, 0.05) is 0 Å². The van der Waals surface area contributed by atoms with Crippen LogP contribution in [0.2, 0.25) is 0 Å². The molecule has 0 spiro atoms. The molecule has 70 valence electrons. The van der Waals surface area contributed by atoms with Gasteiger partial charge < -0.3 is 0 Å². The molecule has 1 aliphatic rings. The van der Waals surface area contributed by atoms with E-state index in [0.29, 0.717) is 12.0 Å². The van der Waals surface area contributed by atoms with Gasteiger partial charge in [-0.05, 0) is 0 Å². The molecule has 0 N–H and O–H groups in total. The Morgan fingerprint density at radius 2 is 1.93 bits per heavy atom. The number of allylic oxidation sites excluding steroid dienone is 6. The Hall–Kier alpha value is -1.97. The summed E-state index contributed by atoms with van der Waals surface area (Å²) in [6.07, 6.45) is 14.0. The van der Waals surface area contributed by atoms with Gasteiger partial charge in [-0.1, -0.05) is 41.7 Å². The summed E-state index contributed by atoms with van der Waals surface area (Å²) >= 11 is 0. The molecule has 0 saturated carbocycles. The summed E-state index contributed by atoms with van der Waals surface area (Å²) in [6.45, 7) is 0. The van der Waals surface area contributed by atoms with Crippen LogP contribution in [0, 0.1) is 0 Å². The third-order valence-electron chi connectivity index (χ3n) is 1.90. The van der Waals surface area contributed by atoms with Gasteiger partial charge in [-0.15, -0.1) is 5.10 Å². The molecule has 14 heavy (non-hydrogen) atoms. The van der Waals surface area contributed by atoms with Crippen LogP contribution < -0.4 is 0 Å². The van der Waals surface area contributed by atoms with Crippen LogP contribution in [-0.4, -0.2) is 21.3 Å². The molecule has 0 saturated heterocycles. The smallest absolute Gasteiger partial charge is 0.171 e. The van der Waals surface area contributed by atoms with Crippen molar-refractivity contribution in [1.82, 2.24) is 15.0 Å². The van der Waals surface area contributed by atoms with Crippen LogP contribution in [-0.2, 0) is 0 Å². The number of aromatic nitrogens is 3. The van der Waals surface area contributed by atoms with E-state index in [1.165, 1.54) is 0 Å². The predicted molar refractivity (Wildman–Crippen MR) is 51.9 cm³/mol. The second-order valence-corrected chi connectivity index (χ2v) is 2.89. The quantitative estimate of drug-likeness (QED) is 0.656. The predicted octanol–water partition coefficient (Wildman–Crippen LogP) is 1.31. The second-order valence-electron chi connectivity index (χ2n) is 2.89. The first kappa shape index (κ1) is 8.62. The minimum atomic E-state index is 0.0335. The molecular weight excluding hydrogens is 178 g/mol. The Morgan fingerprint density at radius 1 is 1.21 bits per heavy atom. The largest absolute Gasteiger partial charge is 0.296 e. The Bertz CT molecular complexity index is 399. The first-order chi connectivity index (χ1) is 6.90. The minimum Gasteiger partial charge on any atom is -0.296 e. The van der Waals surface area contributed by atoms with Crippen LogP contribution in [0.4, 0.5) is 0 Å². The lowest BCUT2D eigenvalue weighted by Gasteiger charge is -2.04. The van der Waals surface area contributed by atoms with Gasteiger partial charge in [0.2, 0.25) is 0 Å². The summed E-state index contributed by atoms with van der Waals surface area (Å²) in [7, 11) is 0. The molecule has 0 amide bonds. The van der Waals surface area contributed by atoms with E-state index in [1.54, 1.807) is 10.9 Å². The summed E-state index contributed by atoms with van der Waals surface area (Å²) in [6, 6.07) is 0.0335. The third-order valence-corrected chi connectivity index (χ3v) is 1.90. The van der Waals surface area contributed by atoms with Crippen molar-refractivity contribution in [3.63, 3.8) is 0 Å². The first-order valence-electron chi connectivity index (χ1n) is 4.29. The molecule has 0 aliphatic heterocycles. The highest BCUT2D eigenvalue weighted by Crippen LogP contribution is 2.11. The lowest BCUT2D eigenvalue weighted by molar-refractivity contribution is 0.111. The zero-order valence-corrected chi connectivity index (χ0v) is 7.45. The average Bonchev–Trinajstić information content (AvgIpc) is 2.53. The van der Waals surface area contributed by atoms with Gasteiger partial charge in [0.05, 0.1) is 12.2 Å². The van der Waals surface area contributed by atoms with Gasteiger partial charge in [-0.25, -0.2) is 4.68 Å². The Balaban J connectivity index is 2.26. The molecule has 4 nitrogen and oxygen atoms in total. The van der Waals surface area contributed by atoms with Crippen LogP contribution in [0.3, 0.4) is 0 Å². The number of hydrogen-bond acceptors (Lipinski definition) is 3. The normalized spacial score (nSPS) is 15.7. The van der Waals surface area contributed by atoms with E-state index < -0.39 is 0 Å². The summed E-state index contributed by atoms with van der Waals surface area (Å²) in [5.74, 6) is 0. The highest BCUT2D eigenvalue weighted by atomic mass is 16.1. The van der Waals surface area contributed by atoms with Crippen molar-refractivity contribution >= 4 is 6.29 Å². The van der Waals surface area contributed by atoms with Gasteiger partial charge in [0.1, 0.15) is 5.69 Å². The maximum atomic E-state index is 10.4. The molecule has 1 heterocycles. The SMILES string of the molecule is O=Cc1cn(C2C=CC=CC=C2)nn1. The van der Waals surface area contributed by atoms with Crippen molar-refractivity contribution in [1.29, 1.82) is 0 Å². The van der Waals surface area contributed by atoms with Gasteiger partial charge in [0.25, 0.3) is 0 Å². The molecule has 2 rings (SSSR count). The summed E-state index contributed by atoms with van der Waals surface area (Å²) in [4.78, 5) is 10.4. The molecule has 1 aromatic heterocycles. The zero-order chi connectivity index (χ0) is 9.80. The second kappa shape index (κ2) is 3.83. The van der Waals surface area contributed by atoms with Gasteiger partial charge in [0.15, 0.2) is 6.29 Å². The molecule has 0 atom stereocenters. The number of hydrogen-bond donors (Lipinski definition) is 0. The lowest BCUT2D eigenvalue weighted by atomic mass is 10.2. The molecule has 0 fully saturated rings. The van der Waals surface area contributed by atoms with Crippen molar-refractivity contribution in [2.45, 2.75) is 6.04 Å². The Kier molecular flexibility index (Phi) is 2.36. The molecule has 4 heteroatoms. The molecule has 1 aromatic rings. The van der Waals surface area contributed by atoms with Crippen molar-refractivity contribution in [2.75, 3.05) is 0 Å². The van der Waals surface area contributed by atoms with Crippen molar-refractivity contribution < 1.29 is 4.79 Å². The first-order valence-corrected chi connectivity index (χ1v) is 4.29. The van der Waals surface area contributed by atoms with E-state index >= 15 is 0 Å². The Labute approximate surface area is 81.2 Å². The number of aldehydes is 1. The van der Waals surface area contributed by atoms with Crippen molar-refractivity contribution in [3.05, 3.63) is 48.3 Å². The van der Waals surface area contributed by atoms with Gasteiger partial charge in [-0.3, -0.25) is 4.79 Å². The third kappa shape index (κ3) is 1.69. The minimum absolute atomic E-state index is 0.0335. The Morgan fingerprint density at radius 3 is 2.50 bits per heavy atom. The number of nitrogens with zero attached hydrogens (tertiary/aromatic N) is 3. The summed E-state index contributed by atoms with van der Waals surface area (Å²) in [5.41, 5.74) is 0.351. The van der Waals surface area contributed by atoms with E-state index in [4.69, 9.17) is 0 Å². The zero-order valence-electron chi connectivity index (χ0n) is 7.45. The van der Waals surface area contributed by atoms with E-state index in [9.17, 15) is 4.79 Å². The fraction of sp³-hybridized carbons (Fsp3) is 0.100.